The number of hydrogen-bond donors (Lipinski definition) is 1. The zero-order chi connectivity index (χ0) is 14.6. The van der Waals surface area contributed by atoms with Crippen molar-refractivity contribution < 1.29 is 9.72 Å². The number of hydrogen-bond acceptors (Lipinski definition) is 4. The highest BCUT2D eigenvalue weighted by atomic mass is 79.9. The van der Waals surface area contributed by atoms with Crippen molar-refractivity contribution in [3.63, 3.8) is 0 Å². The second-order valence-corrected chi connectivity index (χ2v) is 5.01. The first-order valence-electron chi connectivity index (χ1n) is 5.49. The number of benzene rings is 1. The number of amides is 1. The molecule has 0 fully saturated rings. The third kappa shape index (κ3) is 3.76. The lowest BCUT2D eigenvalue weighted by atomic mass is 10.1. The van der Waals surface area contributed by atoms with Crippen LogP contribution in [0, 0.1) is 28.4 Å². The second kappa shape index (κ2) is 6.29. The van der Waals surface area contributed by atoms with Crippen LogP contribution in [0.3, 0.4) is 0 Å². The Morgan fingerprint density at radius 2 is 2.26 bits per heavy atom. The highest BCUT2D eigenvalue weighted by Crippen LogP contribution is 2.26. The van der Waals surface area contributed by atoms with E-state index in [0.717, 1.165) is 0 Å². The van der Waals surface area contributed by atoms with Crippen molar-refractivity contribution in [2.75, 3.05) is 0 Å². The van der Waals surface area contributed by atoms with E-state index in [9.17, 15) is 14.9 Å². The van der Waals surface area contributed by atoms with Gasteiger partial charge in [0.2, 0.25) is 0 Å². The zero-order valence-electron chi connectivity index (χ0n) is 10.4. The van der Waals surface area contributed by atoms with Crippen LogP contribution in [0.5, 0.6) is 0 Å². The minimum absolute atomic E-state index is 0.118. The molecule has 19 heavy (non-hydrogen) atoms. The van der Waals surface area contributed by atoms with Crippen LogP contribution in [0.25, 0.3) is 0 Å². The Morgan fingerprint density at radius 3 is 2.79 bits per heavy atom. The molecule has 1 amide bonds. The number of carbonyl (C=O) groups is 1. The lowest BCUT2D eigenvalue weighted by Crippen LogP contribution is -2.32. The fourth-order valence-electron chi connectivity index (χ4n) is 1.58. The molecule has 0 spiro atoms. The molecule has 1 atom stereocenters. The molecule has 6 nitrogen and oxygen atoms in total. The van der Waals surface area contributed by atoms with Crippen LogP contribution in [0.15, 0.2) is 16.6 Å². The maximum Gasteiger partial charge on any atom is 0.274 e. The number of halogens is 1. The highest BCUT2D eigenvalue weighted by molar-refractivity contribution is 9.10. The van der Waals surface area contributed by atoms with Gasteiger partial charge >= 0.3 is 0 Å². The quantitative estimate of drug-likeness (QED) is 0.679. The van der Waals surface area contributed by atoms with Crippen LogP contribution in [-0.2, 0) is 0 Å². The molecule has 7 heteroatoms. The third-order valence-corrected chi connectivity index (χ3v) is 3.02. The fourth-order valence-corrected chi connectivity index (χ4v) is 2.03. The molecule has 0 aliphatic rings. The lowest BCUT2D eigenvalue weighted by molar-refractivity contribution is -0.385. The van der Waals surface area contributed by atoms with Gasteiger partial charge in [0, 0.05) is 22.1 Å². The second-order valence-electron chi connectivity index (χ2n) is 4.09. The summed E-state index contributed by atoms with van der Waals surface area (Å²) < 4.78 is 0.461. The van der Waals surface area contributed by atoms with Crippen molar-refractivity contribution >= 4 is 27.5 Å². The maximum absolute atomic E-state index is 12.0. The van der Waals surface area contributed by atoms with Gasteiger partial charge in [-0.15, -0.1) is 0 Å². The minimum atomic E-state index is -0.532. The van der Waals surface area contributed by atoms with Gasteiger partial charge in [0.1, 0.15) is 0 Å². The molecule has 1 aromatic rings. The van der Waals surface area contributed by atoms with E-state index < -0.39 is 10.8 Å². The van der Waals surface area contributed by atoms with Gasteiger partial charge in [-0.3, -0.25) is 14.9 Å². The van der Waals surface area contributed by atoms with E-state index in [2.05, 4.69) is 21.2 Å². The topological polar surface area (TPSA) is 96.0 Å². The fraction of sp³-hybridized carbons (Fsp3) is 0.333. The van der Waals surface area contributed by atoms with Gasteiger partial charge < -0.3 is 5.32 Å². The molecule has 0 radical (unpaired) electrons. The summed E-state index contributed by atoms with van der Waals surface area (Å²) in [5.41, 5.74) is 0.410. The molecule has 0 saturated carbocycles. The van der Waals surface area contributed by atoms with Crippen LogP contribution in [0.2, 0.25) is 0 Å². The van der Waals surface area contributed by atoms with Crippen LogP contribution in [0.4, 0.5) is 5.69 Å². The number of carbonyl (C=O) groups excluding carboxylic acids is 1. The van der Waals surface area contributed by atoms with E-state index in [1.165, 1.54) is 19.1 Å². The molecule has 100 valence electrons. The van der Waals surface area contributed by atoms with Crippen molar-refractivity contribution in [2.45, 2.75) is 26.3 Å². The molecule has 0 aliphatic heterocycles. The summed E-state index contributed by atoms with van der Waals surface area (Å²) in [4.78, 5) is 22.4. The summed E-state index contributed by atoms with van der Waals surface area (Å²) >= 11 is 3.14. The SMILES string of the molecule is Cc1c(C(=O)N[C@@H](C)CC#N)cc(Br)cc1[N+](=O)[O-]. The van der Waals surface area contributed by atoms with Crippen molar-refractivity contribution in [3.05, 3.63) is 37.8 Å². The summed E-state index contributed by atoms with van der Waals surface area (Å²) in [6.07, 6.45) is 0.181. The number of rotatable bonds is 4. The normalized spacial score (nSPS) is 11.5. The molecule has 0 bridgehead atoms. The molecule has 0 heterocycles. The van der Waals surface area contributed by atoms with Gasteiger partial charge in [0.15, 0.2) is 0 Å². The van der Waals surface area contributed by atoms with E-state index in [1.807, 2.05) is 6.07 Å². The average Bonchev–Trinajstić information content (AvgIpc) is 2.31. The van der Waals surface area contributed by atoms with Gasteiger partial charge in [-0.2, -0.15) is 5.26 Å². The first-order valence-corrected chi connectivity index (χ1v) is 6.28. The van der Waals surface area contributed by atoms with Crippen LogP contribution >= 0.6 is 15.9 Å². The minimum Gasteiger partial charge on any atom is -0.349 e. The Morgan fingerprint density at radius 1 is 1.63 bits per heavy atom. The molecule has 1 N–H and O–H groups in total. The molecule has 0 unspecified atom stereocenters. The Labute approximate surface area is 118 Å². The van der Waals surface area contributed by atoms with Gasteiger partial charge in [-0.1, -0.05) is 15.9 Å². The van der Waals surface area contributed by atoms with Crippen molar-refractivity contribution in [2.24, 2.45) is 0 Å². The van der Waals surface area contributed by atoms with Gasteiger partial charge in [-0.25, -0.2) is 0 Å². The van der Waals surface area contributed by atoms with Crippen LogP contribution in [0.1, 0.15) is 29.3 Å². The number of nitrogens with zero attached hydrogens (tertiary/aromatic N) is 2. The van der Waals surface area contributed by atoms with E-state index in [0.29, 0.717) is 10.0 Å². The smallest absolute Gasteiger partial charge is 0.274 e. The van der Waals surface area contributed by atoms with Crippen molar-refractivity contribution in [1.29, 1.82) is 5.26 Å². The largest absolute Gasteiger partial charge is 0.349 e. The van der Waals surface area contributed by atoms with E-state index >= 15 is 0 Å². The number of nitro benzene ring substituents is 1. The van der Waals surface area contributed by atoms with E-state index in [-0.39, 0.29) is 23.7 Å². The molecular formula is C12H12BrN3O3. The van der Waals surface area contributed by atoms with Crippen molar-refractivity contribution in [3.8, 4) is 6.07 Å². The third-order valence-electron chi connectivity index (χ3n) is 2.56. The highest BCUT2D eigenvalue weighted by Gasteiger charge is 2.20. The Bertz CT molecular complexity index is 566. The summed E-state index contributed by atoms with van der Waals surface area (Å²) in [5.74, 6) is -0.426. The average molecular weight is 326 g/mol. The molecule has 1 aromatic carbocycles. The zero-order valence-corrected chi connectivity index (χ0v) is 12.0. The Balaban J connectivity index is 3.10. The Hall–Kier alpha value is -1.94. The molecular weight excluding hydrogens is 314 g/mol. The first-order chi connectivity index (χ1) is 8.86. The van der Waals surface area contributed by atoms with Gasteiger partial charge in [0.25, 0.3) is 11.6 Å². The summed E-state index contributed by atoms with van der Waals surface area (Å²) in [7, 11) is 0. The maximum atomic E-state index is 12.0. The van der Waals surface area contributed by atoms with Crippen molar-refractivity contribution in [1.82, 2.24) is 5.32 Å². The van der Waals surface area contributed by atoms with E-state index in [1.54, 1.807) is 6.92 Å². The van der Waals surface area contributed by atoms with Gasteiger partial charge in [0.05, 0.1) is 23.0 Å². The monoisotopic (exact) mass is 325 g/mol. The predicted molar refractivity (Wildman–Crippen MR) is 72.7 cm³/mol. The lowest BCUT2D eigenvalue weighted by Gasteiger charge is -2.12. The van der Waals surface area contributed by atoms with Crippen LogP contribution in [-0.4, -0.2) is 16.9 Å². The summed E-state index contributed by atoms with van der Waals surface area (Å²) in [6.45, 7) is 3.22. The standard InChI is InChI=1S/C12H12BrN3O3/c1-7(3-4-14)15-12(17)10-5-9(13)6-11(8(10)2)16(18)19/h5-7H,3H2,1-2H3,(H,15,17)/t7-/m0/s1. The first kappa shape index (κ1) is 15.1. The predicted octanol–water partition coefficient (Wildman–Crippen LogP) is 2.70. The molecule has 0 aromatic heterocycles. The number of nitriles is 1. The Kier molecular flexibility index (Phi) is 5.01. The number of nitrogens with one attached hydrogen (secondary N) is 1. The summed E-state index contributed by atoms with van der Waals surface area (Å²) in [5, 5.41) is 22.0. The number of nitro groups is 1. The van der Waals surface area contributed by atoms with Gasteiger partial charge in [-0.05, 0) is 19.9 Å². The molecule has 1 rings (SSSR count). The van der Waals surface area contributed by atoms with Crippen LogP contribution < -0.4 is 5.32 Å². The molecule has 0 saturated heterocycles. The molecule has 0 aliphatic carbocycles. The summed E-state index contributed by atoms with van der Waals surface area (Å²) in [6, 6.07) is 4.51. The van der Waals surface area contributed by atoms with E-state index in [4.69, 9.17) is 5.26 Å².